The predicted octanol–water partition coefficient (Wildman–Crippen LogP) is 5.65. The zero-order chi connectivity index (χ0) is 15.0. The van der Waals surface area contributed by atoms with E-state index in [0.717, 1.165) is 0 Å². The highest BCUT2D eigenvalue weighted by atomic mass is 35.5. The lowest BCUT2D eigenvalue weighted by molar-refractivity contribution is 0.281. The number of hydrogen-bond acceptors (Lipinski definition) is 2. The number of hydrogen-bond donors (Lipinski definition) is 1. The molecule has 0 saturated carbocycles. The average molecular weight is 375 g/mol. The second-order valence-corrected chi connectivity index (χ2v) is 5.67. The van der Waals surface area contributed by atoms with Crippen LogP contribution in [0, 0.1) is 5.95 Å². The van der Waals surface area contributed by atoms with Gasteiger partial charge in [-0.1, -0.05) is 58.0 Å². The lowest BCUT2D eigenvalue weighted by Crippen LogP contribution is -1.96. The van der Waals surface area contributed by atoms with E-state index in [4.69, 9.17) is 63.1 Å². The van der Waals surface area contributed by atoms with Crippen molar-refractivity contribution in [2.24, 2.45) is 0 Å². The highest BCUT2D eigenvalue weighted by Gasteiger charge is 2.23. The molecular formula is C12H5Cl5FNO. The number of aliphatic hydroxyl groups excluding tert-OH is 1. The first-order valence-corrected chi connectivity index (χ1v) is 7.04. The minimum atomic E-state index is -0.819. The van der Waals surface area contributed by atoms with Crippen LogP contribution < -0.4 is 0 Å². The summed E-state index contributed by atoms with van der Waals surface area (Å²) in [6.07, 6.45) is 1.19. The Bertz CT molecular complexity index is 663. The highest BCUT2D eigenvalue weighted by Crippen LogP contribution is 2.48. The lowest BCUT2D eigenvalue weighted by Gasteiger charge is -2.13. The summed E-state index contributed by atoms with van der Waals surface area (Å²) in [7, 11) is 0. The Morgan fingerprint density at radius 2 is 1.45 bits per heavy atom. The van der Waals surface area contributed by atoms with Crippen molar-refractivity contribution in [1.82, 2.24) is 4.98 Å². The number of aliphatic hydroxyl groups is 1. The standard InChI is InChI=1S/C12H5Cl5FNO/c13-7-6(8(14)10(16)11(17)9(7)15)5-1-4(3-20)2-19-12(5)18/h1-2,20H,3H2. The molecule has 8 heteroatoms. The largest absolute Gasteiger partial charge is 0.392 e. The molecule has 0 atom stereocenters. The molecule has 0 fully saturated rings. The van der Waals surface area contributed by atoms with Crippen LogP contribution in [0.2, 0.25) is 25.1 Å². The minimum Gasteiger partial charge on any atom is -0.392 e. The topological polar surface area (TPSA) is 33.1 Å². The molecule has 106 valence electrons. The van der Waals surface area contributed by atoms with Gasteiger partial charge in [0.15, 0.2) is 0 Å². The molecule has 0 bridgehead atoms. The van der Waals surface area contributed by atoms with Crippen molar-refractivity contribution in [2.45, 2.75) is 6.61 Å². The Hall–Kier alpha value is -0.290. The fourth-order valence-corrected chi connectivity index (χ4v) is 2.94. The summed E-state index contributed by atoms with van der Waals surface area (Å²) in [4.78, 5) is 3.53. The van der Waals surface area contributed by atoms with E-state index in [-0.39, 0.29) is 42.8 Å². The van der Waals surface area contributed by atoms with Crippen LogP contribution in [0.4, 0.5) is 4.39 Å². The predicted molar refractivity (Wildman–Crippen MR) is 80.6 cm³/mol. The van der Waals surface area contributed by atoms with Crippen LogP contribution in [0.25, 0.3) is 11.1 Å². The first kappa shape index (κ1) is 16.1. The van der Waals surface area contributed by atoms with Gasteiger partial charge in [-0.15, -0.1) is 0 Å². The fourth-order valence-electron chi connectivity index (χ4n) is 1.59. The van der Waals surface area contributed by atoms with E-state index in [0.29, 0.717) is 5.56 Å². The van der Waals surface area contributed by atoms with E-state index in [2.05, 4.69) is 4.98 Å². The molecule has 0 radical (unpaired) electrons. The van der Waals surface area contributed by atoms with Crippen molar-refractivity contribution in [3.05, 3.63) is 48.9 Å². The van der Waals surface area contributed by atoms with E-state index in [1.807, 2.05) is 0 Å². The van der Waals surface area contributed by atoms with E-state index >= 15 is 0 Å². The molecular weight excluding hydrogens is 370 g/mol. The fraction of sp³-hybridized carbons (Fsp3) is 0.0833. The Balaban J connectivity index is 2.83. The molecule has 1 aromatic carbocycles. The zero-order valence-corrected chi connectivity index (χ0v) is 13.3. The van der Waals surface area contributed by atoms with Gasteiger partial charge in [0.2, 0.25) is 5.95 Å². The molecule has 1 N–H and O–H groups in total. The molecule has 0 aliphatic heterocycles. The molecule has 20 heavy (non-hydrogen) atoms. The van der Waals surface area contributed by atoms with Gasteiger partial charge < -0.3 is 5.11 Å². The molecule has 0 unspecified atom stereocenters. The third-order valence-electron chi connectivity index (χ3n) is 2.56. The van der Waals surface area contributed by atoms with Gasteiger partial charge in [-0.05, 0) is 11.6 Å². The number of aromatic nitrogens is 1. The zero-order valence-electron chi connectivity index (χ0n) is 9.52. The Kier molecular flexibility index (Phi) is 5.00. The maximum atomic E-state index is 13.9. The van der Waals surface area contributed by atoms with Crippen molar-refractivity contribution in [1.29, 1.82) is 0 Å². The molecule has 0 spiro atoms. The number of rotatable bonds is 2. The number of benzene rings is 1. The molecule has 0 aliphatic rings. The van der Waals surface area contributed by atoms with Crippen LogP contribution in [0.1, 0.15) is 5.56 Å². The van der Waals surface area contributed by atoms with Gasteiger partial charge in [0.05, 0.1) is 31.7 Å². The molecule has 0 saturated heterocycles. The SMILES string of the molecule is OCc1cnc(F)c(-c2c(Cl)c(Cl)c(Cl)c(Cl)c2Cl)c1. The van der Waals surface area contributed by atoms with Crippen LogP contribution in [-0.2, 0) is 6.61 Å². The van der Waals surface area contributed by atoms with Gasteiger partial charge in [-0.2, -0.15) is 4.39 Å². The molecule has 0 amide bonds. The molecule has 0 aliphatic carbocycles. The minimum absolute atomic E-state index is 0.0150. The quantitative estimate of drug-likeness (QED) is 0.418. The summed E-state index contributed by atoms with van der Waals surface area (Å²) in [5, 5.41) is 8.92. The summed E-state index contributed by atoms with van der Waals surface area (Å²) in [6, 6.07) is 1.36. The normalized spacial score (nSPS) is 10.9. The summed E-state index contributed by atoms with van der Waals surface area (Å²) < 4.78 is 13.9. The van der Waals surface area contributed by atoms with E-state index in [1.54, 1.807) is 0 Å². The van der Waals surface area contributed by atoms with Crippen molar-refractivity contribution >= 4 is 58.0 Å². The number of pyridine rings is 1. The van der Waals surface area contributed by atoms with Gasteiger partial charge in [0, 0.05) is 17.3 Å². The Morgan fingerprint density at radius 1 is 0.950 bits per heavy atom. The highest BCUT2D eigenvalue weighted by molar-refractivity contribution is 6.56. The maximum Gasteiger partial charge on any atom is 0.220 e. The smallest absolute Gasteiger partial charge is 0.220 e. The van der Waals surface area contributed by atoms with Gasteiger partial charge in [-0.3, -0.25) is 0 Å². The summed E-state index contributed by atoms with van der Waals surface area (Å²) in [5.74, 6) is -0.819. The number of halogens is 6. The molecule has 2 rings (SSSR count). The maximum absolute atomic E-state index is 13.9. The van der Waals surface area contributed by atoms with Crippen LogP contribution in [0.15, 0.2) is 12.3 Å². The third-order valence-corrected chi connectivity index (χ3v) is 4.83. The summed E-state index contributed by atoms with van der Waals surface area (Å²) in [6.45, 7) is -0.315. The van der Waals surface area contributed by atoms with Gasteiger partial charge in [0.1, 0.15) is 0 Å². The molecule has 1 aromatic heterocycles. The second kappa shape index (κ2) is 6.22. The second-order valence-electron chi connectivity index (χ2n) is 3.78. The van der Waals surface area contributed by atoms with Gasteiger partial charge >= 0.3 is 0 Å². The van der Waals surface area contributed by atoms with Crippen LogP contribution in [-0.4, -0.2) is 10.1 Å². The van der Waals surface area contributed by atoms with Crippen LogP contribution >= 0.6 is 58.0 Å². The van der Waals surface area contributed by atoms with Gasteiger partial charge in [-0.25, -0.2) is 4.98 Å². The van der Waals surface area contributed by atoms with Gasteiger partial charge in [0.25, 0.3) is 0 Å². The van der Waals surface area contributed by atoms with E-state index < -0.39 is 5.95 Å². The van der Waals surface area contributed by atoms with E-state index in [1.165, 1.54) is 12.3 Å². The van der Waals surface area contributed by atoms with Crippen LogP contribution in [0.5, 0.6) is 0 Å². The third kappa shape index (κ3) is 2.71. The van der Waals surface area contributed by atoms with Crippen molar-refractivity contribution in [3.63, 3.8) is 0 Å². The van der Waals surface area contributed by atoms with E-state index in [9.17, 15) is 4.39 Å². The lowest BCUT2D eigenvalue weighted by atomic mass is 10.1. The first-order valence-electron chi connectivity index (χ1n) is 5.15. The summed E-state index contributed by atoms with van der Waals surface area (Å²) in [5.41, 5.74) is 0.441. The molecule has 2 nitrogen and oxygen atoms in total. The average Bonchev–Trinajstić information content (AvgIpc) is 2.45. The monoisotopic (exact) mass is 373 g/mol. The Labute approximate surface area is 139 Å². The van der Waals surface area contributed by atoms with Crippen LogP contribution in [0.3, 0.4) is 0 Å². The number of nitrogens with zero attached hydrogens (tertiary/aromatic N) is 1. The Morgan fingerprint density at radius 3 is 1.95 bits per heavy atom. The van der Waals surface area contributed by atoms with Crippen molar-refractivity contribution in [2.75, 3.05) is 0 Å². The summed E-state index contributed by atoms with van der Waals surface area (Å²) >= 11 is 29.9. The van der Waals surface area contributed by atoms with Crippen molar-refractivity contribution in [3.8, 4) is 11.1 Å². The molecule has 1 heterocycles. The molecule has 2 aromatic rings. The first-order chi connectivity index (χ1) is 9.38. The van der Waals surface area contributed by atoms with Crippen molar-refractivity contribution < 1.29 is 9.50 Å².